The molecular weight excluding hydrogens is 832 g/mol. The number of thioether (sulfide) groups is 1. The fourth-order valence-corrected chi connectivity index (χ4v) is 4.48. The van der Waals surface area contributed by atoms with Crippen molar-refractivity contribution in [1.29, 1.82) is 0 Å². The van der Waals surface area contributed by atoms with Gasteiger partial charge in [0.1, 0.15) is 0 Å². The van der Waals surface area contributed by atoms with Gasteiger partial charge in [-0.25, -0.2) is 0 Å². The summed E-state index contributed by atoms with van der Waals surface area (Å²) < 4.78 is 0. The number of benzene rings is 4. The molecular formula is C36H40Br2CoN3PdS-. The topological polar surface area (TPSA) is 37.1 Å². The van der Waals surface area contributed by atoms with Gasteiger partial charge in [-0.2, -0.15) is 42.1 Å². The molecule has 44 heavy (non-hydrogen) atoms. The molecule has 4 aromatic carbocycles. The summed E-state index contributed by atoms with van der Waals surface area (Å²) in [6.45, 7) is 14.4. The minimum absolute atomic E-state index is 0. The van der Waals surface area contributed by atoms with Crippen molar-refractivity contribution in [1.82, 2.24) is 0 Å². The van der Waals surface area contributed by atoms with Crippen molar-refractivity contribution in [3.8, 4) is 0 Å². The molecule has 0 N–H and O–H groups in total. The van der Waals surface area contributed by atoms with Gasteiger partial charge in [0.05, 0.1) is 11.4 Å². The first-order valence-electron chi connectivity index (χ1n) is 13.3. The number of nitrogens with zero attached hydrogens (tertiary/aromatic N) is 3. The second kappa shape index (κ2) is 22.7. The summed E-state index contributed by atoms with van der Waals surface area (Å²) in [5.41, 5.74) is 11.0. The van der Waals surface area contributed by atoms with Gasteiger partial charge >= 0.3 is 39.5 Å². The van der Waals surface area contributed by atoms with E-state index < -0.39 is 0 Å². The zero-order valence-electron chi connectivity index (χ0n) is 26.7. The van der Waals surface area contributed by atoms with Gasteiger partial charge < -0.3 is 9.98 Å². The Morgan fingerprint density at radius 3 is 1.45 bits per heavy atom. The summed E-state index contributed by atoms with van der Waals surface area (Å²) in [6.07, 6.45) is 5.27. The van der Waals surface area contributed by atoms with Crippen LogP contribution in [-0.2, 0) is 31.5 Å². The molecule has 0 saturated carbocycles. The van der Waals surface area contributed by atoms with E-state index in [2.05, 4.69) is 131 Å². The van der Waals surface area contributed by atoms with Crippen molar-refractivity contribution in [3.63, 3.8) is 0 Å². The van der Waals surface area contributed by atoms with Gasteiger partial charge in [-0.3, -0.25) is 4.99 Å². The number of para-hydroxylation sites is 3. The molecule has 0 heterocycles. The average molecular weight is 872 g/mol. The van der Waals surface area contributed by atoms with Crippen molar-refractivity contribution in [2.75, 3.05) is 6.26 Å². The Morgan fingerprint density at radius 2 is 1.09 bits per heavy atom. The van der Waals surface area contributed by atoms with Crippen molar-refractivity contribution in [3.05, 3.63) is 126 Å². The van der Waals surface area contributed by atoms with Gasteiger partial charge in [-0.1, -0.05) is 78.9 Å². The number of aliphatic imine (C=N–C) groups is 3. The van der Waals surface area contributed by atoms with E-state index in [1.54, 1.807) is 11.8 Å². The predicted molar refractivity (Wildman–Crippen MR) is 196 cm³/mol. The van der Waals surface area contributed by atoms with Crippen LogP contribution in [0.4, 0.5) is 17.1 Å². The molecule has 0 saturated heterocycles. The van der Waals surface area contributed by atoms with Gasteiger partial charge in [0, 0.05) is 27.8 Å². The molecule has 0 fully saturated rings. The van der Waals surface area contributed by atoms with Crippen molar-refractivity contribution in [2.24, 2.45) is 15.0 Å². The molecule has 239 valence electrons. The second-order valence-corrected chi connectivity index (χ2v) is 15.7. The summed E-state index contributed by atoms with van der Waals surface area (Å²) in [7, 11) is 0. The first-order valence-corrected chi connectivity index (χ1v) is 19.6. The molecule has 0 aromatic heterocycles. The van der Waals surface area contributed by atoms with E-state index >= 15 is 0 Å². The van der Waals surface area contributed by atoms with E-state index in [1.165, 1.54) is 4.90 Å². The van der Waals surface area contributed by atoms with Crippen LogP contribution >= 0.6 is 40.1 Å². The number of hydrogen-bond acceptors (Lipinski definition) is 4. The number of hydrogen-bond donors (Lipinski definition) is 0. The molecule has 0 aliphatic heterocycles. The van der Waals surface area contributed by atoms with Crippen LogP contribution in [0.1, 0.15) is 40.3 Å². The van der Waals surface area contributed by atoms with Crippen LogP contribution in [0.3, 0.4) is 0 Å². The molecule has 0 unspecified atom stereocenters. The van der Waals surface area contributed by atoms with E-state index in [0.29, 0.717) is 5.71 Å². The maximum atomic E-state index is 4.97. The Balaban J connectivity index is 0.00000121. The number of aryl methyl sites for hydroxylation is 6. The summed E-state index contributed by atoms with van der Waals surface area (Å²) in [5, 5.41) is 0. The molecule has 0 aliphatic carbocycles. The molecule has 8 heteroatoms. The van der Waals surface area contributed by atoms with Crippen LogP contribution in [-0.4, -0.2) is 23.9 Å². The maximum Gasteiger partial charge on any atom is 0.0467 e. The second-order valence-electron chi connectivity index (χ2n) is 9.58. The zero-order valence-corrected chi connectivity index (χ0v) is 33.2. The van der Waals surface area contributed by atoms with Crippen molar-refractivity contribution in [2.45, 2.75) is 53.4 Å². The Bertz CT molecular complexity index is 1480. The van der Waals surface area contributed by atoms with Crippen molar-refractivity contribution >= 4 is 74.8 Å². The van der Waals surface area contributed by atoms with E-state index in [1.807, 2.05) is 43.5 Å². The monoisotopic (exact) mass is 869 g/mol. The zero-order chi connectivity index (χ0) is 31.1. The molecule has 0 aliphatic rings. The van der Waals surface area contributed by atoms with Gasteiger partial charge in [0.15, 0.2) is 0 Å². The third-order valence-electron chi connectivity index (χ3n) is 6.34. The molecule has 4 rings (SSSR count). The van der Waals surface area contributed by atoms with Gasteiger partial charge in [0.25, 0.3) is 0 Å². The maximum absolute atomic E-state index is 4.97. The summed E-state index contributed by atoms with van der Waals surface area (Å²) in [5.74, 6) is 0. The van der Waals surface area contributed by atoms with E-state index in [0.717, 1.165) is 67.3 Å². The van der Waals surface area contributed by atoms with E-state index in [9.17, 15) is 0 Å². The van der Waals surface area contributed by atoms with E-state index in [4.69, 9.17) is 15.0 Å². The first-order chi connectivity index (χ1) is 20.1. The quantitative estimate of drug-likeness (QED) is 0.0823. The van der Waals surface area contributed by atoms with Gasteiger partial charge in [-0.15, -0.1) is 4.90 Å². The summed E-state index contributed by atoms with van der Waals surface area (Å²) >= 11 is 8.84. The third-order valence-corrected chi connectivity index (χ3v) is 7.03. The summed E-state index contributed by atoms with van der Waals surface area (Å²) in [6, 6.07) is 29.6. The normalized spacial score (nSPS) is 11.0. The smallest absolute Gasteiger partial charge is 0 e. The number of halogens is 2. The first kappa shape index (κ1) is 42.2. The van der Waals surface area contributed by atoms with Gasteiger partial charge in [0.2, 0.25) is 0 Å². The average Bonchev–Trinajstić information content (AvgIpc) is 2.97. The fraction of sp³-hybridized carbons (Fsp3) is 0.222. The predicted octanol–water partition coefficient (Wildman–Crippen LogP) is 12.0. The van der Waals surface area contributed by atoms with Crippen LogP contribution in [0.5, 0.6) is 0 Å². The molecule has 3 nitrogen and oxygen atoms in total. The Morgan fingerprint density at radius 1 is 0.682 bits per heavy atom. The molecule has 4 aromatic rings. The van der Waals surface area contributed by atoms with Crippen LogP contribution in [0.15, 0.2) is 98.7 Å². The standard InChI is InChI=1S/C28H30N3.C7H7S.CH3.2BrH.Co.Pd/c1-18-11-8-12-19(2)26(18)29-17-25(31-28-22(5)15-10-16-23(28)6)24(7)30-27-20(3)13-9-14-21(27)4;1-8-7-5-3-2-4-6-7;;;;;/h8-16H,1-7H3;2-5H,1H3;1H3;2*1H;;/q2*-1;+1;;;+2;/p-2. The van der Waals surface area contributed by atoms with Crippen molar-refractivity contribution < 1.29 is 31.5 Å². The molecule has 0 bridgehead atoms. The minimum atomic E-state index is 0. The Kier molecular flexibility index (Phi) is 21.8. The number of rotatable bonds is 6. The third kappa shape index (κ3) is 13.7. The largest absolute Gasteiger partial charge is 0.0467 e. The Hall–Kier alpha value is -1.76. The fourth-order valence-electron chi connectivity index (χ4n) is 4.08. The van der Waals surface area contributed by atoms with Crippen LogP contribution in [0.25, 0.3) is 0 Å². The van der Waals surface area contributed by atoms with Crippen LogP contribution in [0, 0.1) is 55.0 Å². The molecule has 0 atom stereocenters. The molecule has 0 amide bonds. The molecule has 0 radical (unpaired) electrons. The summed E-state index contributed by atoms with van der Waals surface area (Å²) in [4.78, 5) is 15.8. The minimum Gasteiger partial charge on any atom is 0 e. The van der Waals surface area contributed by atoms with E-state index in [-0.39, 0.29) is 27.8 Å². The Labute approximate surface area is 304 Å². The molecule has 0 spiro atoms. The van der Waals surface area contributed by atoms with Crippen LogP contribution in [0.2, 0.25) is 0 Å². The van der Waals surface area contributed by atoms with Crippen LogP contribution < -0.4 is 0 Å². The SMILES string of the molecule is CC(=Nc1c(C)cccc1C)C([C-]=Nc1c(C)cccc1C)=Nc1c(C)cccc1C.CSc1[c-]cccc1.[Br][Co][Br].[CH3+].[Pd]. The van der Waals surface area contributed by atoms with Gasteiger partial charge in [-0.05, 0) is 87.2 Å².